The van der Waals surface area contributed by atoms with Gasteiger partial charge in [-0.3, -0.25) is 4.79 Å². The minimum atomic E-state index is -1.20. The fraction of sp³-hybridized carbons (Fsp3) is 0.174. The molecule has 0 aliphatic rings. The first-order valence-electron chi connectivity index (χ1n) is 9.55. The van der Waals surface area contributed by atoms with E-state index in [9.17, 15) is 19.5 Å². The molecule has 2 N–H and O–H groups in total. The molecule has 0 aliphatic heterocycles. The van der Waals surface area contributed by atoms with E-state index in [0.29, 0.717) is 22.4 Å². The van der Waals surface area contributed by atoms with Gasteiger partial charge in [-0.1, -0.05) is 48.5 Å². The Kier molecular flexibility index (Phi) is 7.66. The first kappa shape index (κ1) is 23.5. The molecular formula is C23H20BrNO6S. The number of carboxylic acids is 2. The van der Waals surface area contributed by atoms with Crippen LogP contribution in [0.1, 0.15) is 27.7 Å². The SMILES string of the molecule is CC(=O)N(Cc1ccccc1)Cc1cccc(-c2sc(C(=O)O)c(OCC(=O)O)c2Br)c1. The number of nitrogens with zero attached hydrogens (tertiary/aromatic N) is 1. The smallest absolute Gasteiger partial charge is 0.349 e. The van der Waals surface area contributed by atoms with Crippen molar-refractivity contribution in [3.05, 3.63) is 75.1 Å². The molecule has 7 nitrogen and oxygen atoms in total. The fourth-order valence-corrected chi connectivity index (χ4v) is 4.99. The third kappa shape index (κ3) is 5.74. The Hall–Kier alpha value is -3.17. The van der Waals surface area contributed by atoms with Crippen molar-refractivity contribution >= 4 is 45.1 Å². The Bertz CT molecular complexity index is 1140. The molecule has 1 heterocycles. The summed E-state index contributed by atoms with van der Waals surface area (Å²) >= 11 is 4.36. The zero-order valence-electron chi connectivity index (χ0n) is 17.1. The Morgan fingerprint density at radius 2 is 1.66 bits per heavy atom. The lowest BCUT2D eigenvalue weighted by atomic mass is 10.1. The fourth-order valence-electron chi connectivity index (χ4n) is 3.10. The normalized spacial score (nSPS) is 10.6. The molecule has 0 spiro atoms. The van der Waals surface area contributed by atoms with Gasteiger partial charge in [0.2, 0.25) is 5.91 Å². The molecule has 9 heteroatoms. The van der Waals surface area contributed by atoms with E-state index in [1.165, 1.54) is 6.92 Å². The molecule has 32 heavy (non-hydrogen) atoms. The van der Waals surface area contributed by atoms with Crippen LogP contribution in [-0.4, -0.2) is 39.6 Å². The van der Waals surface area contributed by atoms with Crippen LogP contribution >= 0.6 is 27.3 Å². The first-order chi connectivity index (χ1) is 15.3. The van der Waals surface area contributed by atoms with Crippen LogP contribution in [0.15, 0.2) is 59.1 Å². The number of carbonyl (C=O) groups excluding carboxylic acids is 1. The lowest BCUT2D eigenvalue weighted by molar-refractivity contribution is -0.139. The van der Waals surface area contributed by atoms with Crippen LogP contribution in [-0.2, 0) is 22.7 Å². The number of hydrogen-bond donors (Lipinski definition) is 2. The van der Waals surface area contributed by atoms with Gasteiger partial charge in [0.1, 0.15) is 0 Å². The van der Waals surface area contributed by atoms with Gasteiger partial charge in [0.25, 0.3) is 0 Å². The summed E-state index contributed by atoms with van der Waals surface area (Å²) < 4.78 is 5.60. The van der Waals surface area contributed by atoms with Crippen molar-refractivity contribution in [2.45, 2.75) is 20.0 Å². The summed E-state index contributed by atoms with van der Waals surface area (Å²) in [6.07, 6.45) is 0. The van der Waals surface area contributed by atoms with Crippen LogP contribution in [0.5, 0.6) is 5.75 Å². The molecule has 1 amide bonds. The maximum Gasteiger partial charge on any atom is 0.349 e. The van der Waals surface area contributed by atoms with E-state index in [-0.39, 0.29) is 16.5 Å². The van der Waals surface area contributed by atoms with Crippen molar-refractivity contribution in [3.63, 3.8) is 0 Å². The van der Waals surface area contributed by atoms with E-state index < -0.39 is 18.5 Å². The van der Waals surface area contributed by atoms with Gasteiger partial charge in [0, 0.05) is 20.0 Å². The Labute approximate surface area is 197 Å². The van der Waals surface area contributed by atoms with Gasteiger partial charge in [0.05, 0.1) is 9.35 Å². The molecule has 1 aromatic heterocycles. The van der Waals surface area contributed by atoms with Gasteiger partial charge in [-0.25, -0.2) is 9.59 Å². The molecule has 0 radical (unpaired) electrons. The van der Waals surface area contributed by atoms with Gasteiger partial charge >= 0.3 is 11.9 Å². The van der Waals surface area contributed by atoms with E-state index >= 15 is 0 Å². The molecule has 0 aliphatic carbocycles. The van der Waals surface area contributed by atoms with Crippen LogP contribution in [0.2, 0.25) is 0 Å². The number of aliphatic carboxylic acids is 1. The number of thiophene rings is 1. The zero-order valence-corrected chi connectivity index (χ0v) is 19.5. The first-order valence-corrected chi connectivity index (χ1v) is 11.2. The van der Waals surface area contributed by atoms with E-state index in [1.54, 1.807) is 4.90 Å². The number of ether oxygens (including phenoxy) is 1. The highest BCUT2D eigenvalue weighted by Crippen LogP contribution is 2.45. The molecule has 166 valence electrons. The maximum atomic E-state index is 12.2. The van der Waals surface area contributed by atoms with Crippen LogP contribution in [0, 0.1) is 0 Å². The molecule has 0 bridgehead atoms. The summed E-state index contributed by atoms with van der Waals surface area (Å²) in [5.41, 5.74) is 2.63. The second kappa shape index (κ2) is 10.4. The minimum absolute atomic E-state index is 0.0141. The molecule has 0 unspecified atom stereocenters. The zero-order chi connectivity index (χ0) is 23.3. The van der Waals surface area contributed by atoms with Gasteiger partial charge in [0.15, 0.2) is 17.2 Å². The number of halogens is 1. The summed E-state index contributed by atoms with van der Waals surface area (Å²) in [5, 5.41) is 18.4. The van der Waals surface area contributed by atoms with Crippen LogP contribution in [0.4, 0.5) is 0 Å². The molecule has 0 fully saturated rings. The average Bonchev–Trinajstić information content (AvgIpc) is 3.09. The highest BCUT2D eigenvalue weighted by Gasteiger charge is 2.24. The third-order valence-corrected chi connectivity index (χ3v) is 6.79. The van der Waals surface area contributed by atoms with E-state index in [4.69, 9.17) is 9.84 Å². The molecule has 3 aromatic rings. The van der Waals surface area contributed by atoms with E-state index in [0.717, 1.165) is 28.0 Å². The minimum Gasteiger partial charge on any atom is -0.479 e. The molecule has 0 atom stereocenters. The maximum absolute atomic E-state index is 12.2. The predicted octanol–water partition coefficient (Wildman–Crippen LogP) is 4.89. The van der Waals surface area contributed by atoms with E-state index in [1.807, 2.05) is 54.6 Å². The Morgan fingerprint density at radius 1 is 1.00 bits per heavy atom. The Morgan fingerprint density at radius 3 is 2.28 bits per heavy atom. The largest absolute Gasteiger partial charge is 0.479 e. The average molecular weight is 518 g/mol. The lowest BCUT2D eigenvalue weighted by Crippen LogP contribution is -2.27. The molecule has 2 aromatic carbocycles. The standard InChI is InChI=1S/C23H20BrNO6S/c1-14(26)25(11-15-6-3-2-4-7-15)12-16-8-5-9-17(10-16)21-19(24)20(31-13-18(27)28)22(32-21)23(29)30/h2-10H,11-13H2,1H3,(H,27,28)(H,29,30). The molecule has 0 saturated carbocycles. The van der Waals surface area contributed by atoms with Crippen molar-refractivity contribution in [1.82, 2.24) is 4.90 Å². The summed E-state index contributed by atoms with van der Waals surface area (Å²) in [6.45, 7) is 1.73. The lowest BCUT2D eigenvalue weighted by Gasteiger charge is -2.21. The summed E-state index contributed by atoms with van der Waals surface area (Å²) in [5.74, 6) is -2.48. The van der Waals surface area contributed by atoms with E-state index in [2.05, 4.69) is 15.9 Å². The van der Waals surface area contributed by atoms with Gasteiger partial charge in [-0.15, -0.1) is 11.3 Å². The number of rotatable bonds is 9. The summed E-state index contributed by atoms with van der Waals surface area (Å²) in [4.78, 5) is 36.9. The van der Waals surface area contributed by atoms with Gasteiger partial charge in [-0.05, 0) is 38.7 Å². The summed E-state index contributed by atoms with van der Waals surface area (Å²) in [6, 6.07) is 17.1. The Balaban J connectivity index is 1.89. The van der Waals surface area contributed by atoms with Gasteiger partial charge < -0.3 is 19.8 Å². The monoisotopic (exact) mass is 517 g/mol. The number of hydrogen-bond acceptors (Lipinski definition) is 5. The second-order valence-corrected chi connectivity index (χ2v) is 8.77. The molecule has 3 rings (SSSR count). The van der Waals surface area contributed by atoms with Crippen LogP contribution in [0.3, 0.4) is 0 Å². The second-order valence-electron chi connectivity index (χ2n) is 6.95. The number of benzene rings is 2. The van der Waals surface area contributed by atoms with Gasteiger partial charge in [-0.2, -0.15) is 0 Å². The van der Waals surface area contributed by atoms with Crippen LogP contribution < -0.4 is 4.74 Å². The number of aromatic carboxylic acids is 1. The quantitative estimate of drug-likeness (QED) is 0.418. The third-order valence-electron chi connectivity index (χ3n) is 4.57. The summed E-state index contributed by atoms with van der Waals surface area (Å²) in [7, 11) is 0. The van der Waals surface area contributed by atoms with Crippen molar-refractivity contribution in [2.24, 2.45) is 0 Å². The topological polar surface area (TPSA) is 104 Å². The number of amides is 1. The van der Waals surface area contributed by atoms with Crippen molar-refractivity contribution in [2.75, 3.05) is 6.61 Å². The highest BCUT2D eigenvalue weighted by atomic mass is 79.9. The molecule has 0 saturated heterocycles. The van der Waals surface area contributed by atoms with Crippen molar-refractivity contribution < 1.29 is 29.3 Å². The number of carboxylic acid groups (broad SMARTS) is 2. The van der Waals surface area contributed by atoms with Crippen LogP contribution in [0.25, 0.3) is 10.4 Å². The van der Waals surface area contributed by atoms with Crippen molar-refractivity contribution in [1.29, 1.82) is 0 Å². The predicted molar refractivity (Wildman–Crippen MR) is 124 cm³/mol. The molecular weight excluding hydrogens is 498 g/mol. The van der Waals surface area contributed by atoms with Crippen molar-refractivity contribution in [3.8, 4) is 16.2 Å². The number of carbonyl (C=O) groups is 3. The highest BCUT2D eigenvalue weighted by molar-refractivity contribution is 9.10.